The van der Waals surface area contributed by atoms with E-state index in [1.807, 2.05) is 20.8 Å². The van der Waals surface area contributed by atoms with Gasteiger partial charge in [0.15, 0.2) is 5.41 Å². The Morgan fingerprint density at radius 3 is 1.71 bits per heavy atom. The van der Waals surface area contributed by atoms with E-state index >= 15 is 0 Å². The zero-order chi connectivity index (χ0) is 21.4. The van der Waals surface area contributed by atoms with Crippen molar-refractivity contribution < 1.29 is 19.1 Å². The molecule has 2 atom stereocenters. The number of carbonyl (C=O) groups excluding carboxylic acids is 2. The second-order valence-corrected chi connectivity index (χ2v) is 8.25. The average Bonchev–Trinajstić information content (AvgIpc) is 2.69. The molecule has 0 saturated heterocycles. The molecule has 0 amide bonds. The van der Waals surface area contributed by atoms with Crippen LogP contribution in [0.4, 0.5) is 0 Å². The van der Waals surface area contributed by atoms with Crippen molar-refractivity contribution in [2.24, 2.45) is 11.3 Å². The maximum Gasteiger partial charge on any atom is 0.323 e. The number of rotatable bonds is 17. The van der Waals surface area contributed by atoms with Gasteiger partial charge in [0.1, 0.15) is 6.10 Å². The highest BCUT2D eigenvalue weighted by Crippen LogP contribution is 2.31. The molecule has 0 aliphatic carbocycles. The number of carbonyl (C=O) groups is 2. The number of ether oxygens (including phenoxy) is 2. The Bertz CT molecular complexity index is 415. The van der Waals surface area contributed by atoms with E-state index in [-0.39, 0.29) is 12.0 Å². The molecule has 0 aliphatic heterocycles. The van der Waals surface area contributed by atoms with E-state index in [9.17, 15) is 9.59 Å². The lowest BCUT2D eigenvalue weighted by molar-refractivity contribution is -0.177. The number of hydrogen-bond acceptors (Lipinski definition) is 4. The molecule has 0 bridgehead atoms. The van der Waals surface area contributed by atoms with Crippen molar-refractivity contribution >= 4 is 11.9 Å². The van der Waals surface area contributed by atoms with Crippen LogP contribution in [0.15, 0.2) is 0 Å². The van der Waals surface area contributed by atoms with E-state index in [2.05, 4.69) is 20.8 Å². The number of hydrogen-bond donors (Lipinski definition) is 0. The van der Waals surface area contributed by atoms with Gasteiger partial charge >= 0.3 is 11.9 Å². The van der Waals surface area contributed by atoms with Crippen LogP contribution in [0.1, 0.15) is 119 Å². The molecule has 0 fully saturated rings. The van der Waals surface area contributed by atoms with Crippen molar-refractivity contribution in [2.45, 2.75) is 125 Å². The van der Waals surface area contributed by atoms with Crippen LogP contribution >= 0.6 is 0 Å². The first-order valence-corrected chi connectivity index (χ1v) is 11.8. The molecular formula is C24H46O4. The predicted molar refractivity (Wildman–Crippen MR) is 116 cm³/mol. The molecule has 166 valence electrons. The summed E-state index contributed by atoms with van der Waals surface area (Å²) in [6.07, 6.45) is 12.5. The van der Waals surface area contributed by atoms with Crippen LogP contribution in [0.3, 0.4) is 0 Å². The van der Waals surface area contributed by atoms with Gasteiger partial charge in [-0.2, -0.15) is 0 Å². The molecule has 0 spiro atoms. The van der Waals surface area contributed by atoms with E-state index in [4.69, 9.17) is 9.47 Å². The van der Waals surface area contributed by atoms with E-state index in [1.165, 1.54) is 44.9 Å². The van der Waals surface area contributed by atoms with Crippen molar-refractivity contribution in [1.82, 2.24) is 0 Å². The molecule has 28 heavy (non-hydrogen) atoms. The molecule has 0 saturated carbocycles. The second-order valence-electron chi connectivity index (χ2n) is 8.25. The average molecular weight is 399 g/mol. The van der Waals surface area contributed by atoms with Crippen LogP contribution in [0.5, 0.6) is 0 Å². The maximum atomic E-state index is 12.8. The van der Waals surface area contributed by atoms with Crippen LogP contribution in [0.2, 0.25) is 0 Å². The molecule has 4 heteroatoms. The Balaban J connectivity index is 4.30. The third kappa shape index (κ3) is 9.43. The summed E-state index contributed by atoms with van der Waals surface area (Å²) in [5.41, 5.74) is -1.17. The minimum Gasteiger partial charge on any atom is -0.465 e. The molecule has 2 unspecified atom stereocenters. The first kappa shape index (κ1) is 26.9. The van der Waals surface area contributed by atoms with E-state index < -0.39 is 17.4 Å². The van der Waals surface area contributed by atoms with E-state index in [0.717, 1.165) is 19.3 Å². The van der Waals surface area contributed by atoms with Crippen molar-refractivity contribution in [3.8, 4) is 0 Å². The Morgan fingerprint density at radius 1 is 0.750 bits per heavy atom. The van der Waals surface area contributed by atoms with Gasteiger partial charge < -0.3 is 9.47 Å². The fraction of sp³-hybridized carbons (Fsp3) is 0.917. The smallest absolute Gasteiger partial charge is 0.323 e. The zero-order valence-corrected chi connectivity index (χ0v) is 19.5. The molecule has 0 rings (SSSR count). The summed E-state index contributed by atoms with van der Waals surface area (Å²) in [7, 11) is 0. The summed E-state index contributed by atoms with van der Waals surface area (Å²) in [6, 6.07) is 0. The minimum absolute atomic E-state index is 0.194. The third-order valence-electron chi connectivity index (χ3n) is 6.21. The molecule has 0 aromatic carbocycles. The van der Waals surface area contributed by atoms with Gasteiger partial charge in [-0.1, -0.05) is 92.4 Å². The van der Waals surface area contributed by atoms with Crippen LogP contribution in [0, 0.1) is 11.3 Å². The molecular weight excluding hydrogens is 352 g/mol. The van der Waals surface area contributed by atoms with Crippen molar-refractivity contribution in [3.63, 3.8) is 0 Å². The van der Waals surface area contributed by atoms with E-state index in [1.54, 1.807) is 0 Å². The molecule has 4 nitrogen and oxygen atoms in total. The Kier molecular flexibility index (Phi) is 15.2. The zero-order valence-electron chi connectivity index (χ0n) is 19.5. The number of unbranched alkanes of at least 4 members (excludes halogenated alkanes) is 8. The third-order valence-corrected chi connectivity index (χ3v) is 6.21. The van der Waals surface area contributed by atoms with Crippen LogP contribution < -0.4 is 0 Å². The monoisotopic (exact) mass is 398 g/mol. The Labute approximate surface area is 174 Å². The standard InChI is InChI=1S/C24H46O4/c1-7-11-12-13-14-15-16-17-18-19-27-22(25)24(9-3,10-4)23(26)28-21(6)20(5)8-2/h20-21H,7-19H2,1-6H3. The van der Waals surface area contributed by atoms with Gasteiger partial charge in [0.25, 0.3) is 0 Å². The molecule has 0 N–H and O–H groups in total. The first-order chi connectivity index (χ1) is 13.4. The lowest BCUT2D eigenvalue weighted by Gasteiger charge is -2.30. The minimum atomic E-state index is -1.17. The van der Waals surface area contributed by atoms with Gasteiger partial charge in [0.05, 0.1) is 6.61 Å². The van der Waals surface area contributed by atoms with Gasteiger partial charge in [0, 0.05) is 0 Å². The molecule has 0 aliphatic rings. The highest BCUT2D eigenvalue weighted by atomic mass is 16.6. The molecule has 0 aromatic rings. The van der Waals surface area contributed by atoms with Crippen LogP contribution in [-0.4, -0.2) is 24.6 Å². The van der Waals surface area contributed by atoms with Gasteiger partial charge in [-0.3, -0.25) is 9.59 Å². The quantitative estimate of drug-likeness (QED) is 0.153. The van der Waals surface area contributed by atoms with Crippen LogP contribution in [0.25, 0.3) is 0 Å². The largest absolute Gasteiger partial charge is 0.465 e. The van der Waals surface area contributed by atoms with Gasteiger partial charge in [-0.15, -0.1) is 0 Å². The van der Waals surface area contributed by atoms with Crippen LogP contribution in [-0.2, 0) is 19.1 Å². The van der Waals surface area contributed by atoms with Gasteiger partial charge in [0.2, 0.25) is 0 Å². The maximum absolute atomic E-state index is 12.8. The first-order valence-electron chi connectivity index (χ1n) is 11.8. The van der Waals surface area contributed by atoms with Gasteiger partial charge in [-0.05, 0) is 32.1 Å². The highest BCUT2D eigenvalue weighted by Gasteiger charge is 2.46. The summed E-state index contributed by atoms with van der Waals surface area (Å²) >= 11 is 0. The normalized spacial score (nSPS) is 13.8. The summed E-state index contributed by atoms with van der Waals surface area (Å²) in [5, 5.41) is 0. The predicted octanol–water partition coefficient (Wildman–Crippen LogP) is 6.84. The topological polar surface area (TPSA) is 52.6 Å². The molecule has 0 aromatic heterocycles. The van der Waals surface area contributed by atoms with E-state index in [0.29, 0.717) is 19.4 Å². The summed E-state index contributed by atoms with van der Waals surface area (Å²) in [6.45, 7) is 12.4. The molecule has 0 heterocycles. The summed E-state index contributed by atoms with van der Waals surface area (Å²) in [4.78, 5) is 25.5. The Morgan fingerprint density at radius 2 is 1.25 bits per heavy atom. The second kappa shape index (κ2) is 15.8. The number of esters is 2. The van der Waals surface area contributed by atoms with Crippen molar-refractivity contribution in [3.05, 3.63) is 0 Å². The van der Waals surface area contributed by atoms with Crippen molar-refractivity contribution in [1.29, 1.82) is 0 Å². The summed E-state index contributed by atoms with van der Waals surface area (Å²) < 4.78 is 11.1. The van der Waals surface area contributed by atoms with Crippen molar-refractivity contribution in [2.75, 3.05) is 6.61 Å². The fourth-order valence-electron chi connectivity index (χ4n) is 3.36. The fourth-order valence-corrected chi connectivity index (χ4v) is 3.36. The lowest BCUT2D eigenvalue weighted by Crippen LogP contribution is -2.43. The lowest BCUT2D eigenvalue weighted by atomic mass is 9.82. The SMILES string of the molecule is CCCCCCCCCCCOC(=O)C(CC)(CC)C(=O)OC(C)C(C)CC. The highest BCUT2D eigenvalue weighted by molar-refractivity contribution is 6.00. The Hall–Kier alpha value is -1.06. The molecule has 0 radical (unpaired) electrons. The van der Waals surface area contributed by atoms with Gasteiger partial charge in [-0.25, -0.2) is 0 Å². The summed E-state index contributed by atoms with van der Waals surface area (Å²) in [5.74, 6) is -0.575.